The van der Waals surface area contributed by atoms with Crippen molar-refractivity contribution in [3.63, 3.8) is 0 Å². The molecule has 0 aromatic rings. The highest BCUT2D eigenvalue weighted by molar-refractivity contribution is 5.28. The number of hydrogen-bond acceptors (Lipinski definition) is 2. The first-order valence-electron chi connectivity index (χ1n) is 6.58. The highest BCUT2D eigenvalue weighted by Crippen LogP contribution is 2.57. The van der Waals surface area contributed by atoms with Crippen LogP contribution in [0.3, 0.4) is 0 Å². The summed E-state index contributed by atoms with van der Waals surface area (Å²) >= 11 is 0. The van der Waals surface area contributed by atoms with E-state index < -0.39 is 0 Å². The zero-order valence-electron chi connectivity index (χ0n) is 9.50. The van der Waals surface area contributed by atoms with E-state index in [0.29, 0.717) is 6.61 Å². The molecule has 1 saturated carbocycles. The molecule has 1 saturated heterocycles. The molecule has 6 unspecified atom stereocenters. The minimum atomic E-state index is 0.313. The Labute approximate surface area is 96.6 Å². The van der Waals surface area contributed by atoms with Gasteiger partial charge in [0.25, 0.3) is 0 Å². The van der Waals surface area contributed by atoms with E-state index in [-0.39, 0.29) is 0 Å². The lowest BCUT2D eigenvalue weighted by molar-refractivity contribution is 0.0672. The fourth-order valence-corrected chi connectivity index (χ4v) is 4.59. The van der Waals surface area contributed by atoms with Gasteiger partial charge in [-0.15, -0.1) is 0 Å². The number of nitrogens with zero attached hydrogens (tertiary/aromatic N) is 1. The summed E-state index contributed by atoms with van der Waals surface area (Å²) < 4.78 is 0. The van der Waals surface area contributed by atoms with Crippen molar-refractivity contribution >= 4 is 0 Å². The Hall–Kier alpha value is -0.600. The largest absolute Gasteiger partial charge is 0.395 e. The Morgan fingerprint density at radius 1 is 0.875 bits per heavy atom. The molecular weight excluding hydrogens is 198 g/mol. The van der Waals surface area contributed by atoms with Crippen LogP contribution in [0.5, 0.6) is 0 Å². The summed E-state index contributed by atoms with van der Waals surface area (Å²) in [6.45, 7) is 3.62. The van der Waals surface area contributed by atoms with Gasteiger partial charge in [0, 0.05) is 19.6 Å². The summed E-state index contributed by atoms with van der Waals surface area (Å²) in [5.41, 5.74) is 0. The zero-order chi connectivity index (χ0) is 10.7. The van der Waals surface area contributed by atoms with Crippen molar-refractivity contribution in [1.82, 2.24) is 4.90 Å². The third-order valence-corrected chi connectivity index (χ3v) is 5.34. The van der Waals surface area contributed by atoms with Gasteiger partial charge >= 0.3 is 0 Å². The Bertz CT molecular complexity index is 332. The molecule has 4 aliphatic carbocycles. The Balaban J connectivity index is 1.62. The quantitative estimate of drug-likeness (QED) is 0.701. The van der Waals surface area contributed by atoms with Gasteiger partial charge in [-0.05, 0) is 35.5 Å². The fourth-order valence-electron chi connectivity index (χ4n) is 4.59. The normalized spacial score (nSPS) is 52.6. The van der Waals surface area contributed by atoms with Gasteiger partial charge < -0.3 is 10.0 Å². The maximum absolute atomic E-state index is 9.05. The molecule has 0 aromatic heterocycles. The molecule has 1 heterocycles. The lowest BCUT2D eigenvalue weighted by Crippen LogP contribution is -2.49. The number of allylic oxidation sites excluding steroid dienone is 4. The second kappa shape index (κ2) is 3.21. The predicted molar refractivity (Wildman–Crippen MR) is 62.7 cm³/mol. The van der Waals surface area contributed by atoms with E-state index in [0.717, 1.165) is 42.1 Å². The van der Waals surface area contributed by atoms with Crippen molar-refractivity contribution in [3.8, 4) is 0 Å². The summed E-state index contributed by atoms with van der Waals surface area (Å²) in [4.78, 5) is 2.47. The molecule has 5 rings (SSSR count). The van der Waals surface area contributed by atoms with Crippen LogP contribution in [-0.2, 0) is 0 Å². The standard InChI is InChI=1S/C14H19NO/c16-6-5-15-7-13-11-3-4-12(14(13)8-15)10-2-1-9(10)11/h1-4,9-14,16H,5-8H2. The van der Waals surface area contributed by atoms with E-state index in [2.05, 4.69) is 29.2 Å². The highest BCUT2D eigenvalue weighted by atomic mass is 16.3. The molecule has 16 heavy (non-hydrogen) atoms. The average Bonchev–Trinajstić information content (AvgIpc) is 2.63. The summed E-state index contributed by atoms with van der Waals surface area (Å²) in [5.74, 6) is 5.04. The minimum absolute atomic E-state index is 0.313. The lowest BCUT2D eigenvalue weighted by atomic mass is 9.50. The van der Waals surface area contributed by atoms with Gasteiger partial charge in [-0.3, -0.25) is 0 Å². The molecule has 2 bridgehead atoms. The minimum Gasteiger partial charge on any atom is -0.395 e. The number of aliphatic hydroxyl groups excluding tert-OH is 1. The zero-order valence-corrected chi connectivity index (χ0v) is 9.50. The van der Waals surface area contributed by atoms with Crippen molar-refractivity contribution in [1.29, 1.82) is 0 Å². The van der Waals surface area contributed by atoms with Gasteiger partial charge in [0.2, 0.25) is 0 Å². The molecule has 1 aliphatic heterocycles. The van der Waals surface area contributed by atoms with Crippen molar-refractivity contribution < 1.29 is 5.11 Å². The van der Waals surface area contributed by atoms with Crippen molar-refractivity contribution in [2.75, 3.05) is 26.2 Å². The van der Waals surface area contributed by atoms with E-state index in [1.54, 1.807) is 0 Å². The monoisotopic (exact) mass is 217 g/mol. The number of β-amino-alcohol motifs (C(OH)–C–C–N with tert-alkyl or cyclic N) is 1. The molecule has 2 heteroatoms. The van der Waals surface area contributed by atoms with Crippen LogP contribution in [0.1, 0.15) is 0 Å². The first kappa shape index (κ1) is 9.43. The van der Waals surface area contributed by atoms with Gasteiger partial charge in [0.15, 0.2) is 0 Å². The fraction of sp³-hybridized carbons (Fsp3) is 0.714. The summed E-state index contributed by atoms with van der Waals surface area (Å²) in [5, 5.41) is 9.05. The first-order valence-corrected chi connectivity index (χ1v) is 6.58. The van der Waals surface area contributed by atoms with Crippen LogP contribution in [-0.4, -0.2) is 36.2 Å². The van der Waals surface area contributed by atoms with Gasteiger partial charge in [0.1, 0.15) is 0 Å². The van der Waals surface area contributed by atoms with E-state index in [1.165, 1.54) is 13.1 Å². The molecule has 5 aliphatic rings. The van der Waals surface area contributed by atoms with Gasteiger partial charge in [0.05, 0.1) is 6.61 Å². The number of aliphatic hydroxyl groups is 1. The molecule has 0 amide bonds. The number of likely N-dealkylation sites (tertiary alicyclic amines) is 1. The maximum atomic E-state index is 9.05. The lowest BCUT2D eigenvalue weighted by Gasteiger charge is -2.53. The van der Waals surface area contributed by atoms with Crippen LogP contribution in [0.2, 0.25) is 0 Å². The van der Waals surface area contributed by atoms with Crippen molar-refractivity contribution in [3.05, 3.63) is 24.3 Å². The maximum Gasteiger partial charge on any atom is 0.0558 e. The third-order valence-electron chi connectivity index (χ3n) is 5.34. The van der Waals surface area contributed by atoms with Crippen LogP contribution in [0.15, 0.2) is 24.3 Å². The topological polar surface area (TPSA) is 23.5 Å². The van der Waals surface area contributed by atoms with Crippen LogP contribution in [0.25, 0.3) is 0 Å². The molecule has 2 nitrogen and oxygen atoms in total. The smallest absolute Gasteiger partial charge is 0.0558 e. The highest BCUT2D eigenvalue weighted by Gasteiger charge is 2.54. The summed E-state index contributed by atoms with van der Waals surface area (Å²) in [7, 11) is 0. The van der Waals surface area contributed by atoms with Crippen molar-refractivity contribution in [2.45, 2.75) is 0 Å². The van der Waals surface area contributed by atoms with E-state index in [4.69, 9.17) is 5.11 Å². The molecule has 0 spiro atoms. The number of rotatable bonds is 2. The number of hydrogen-bond donors (Lipinski definition) is 1. The van der Waals surface area contributed by atoms with Crippen LogP contribution >= 0.6 is 0 Å². The van der Waals surface area contributed by atoms with Gasteiger partial charge in [-0.1, -0.05) is 24.3 Å². The summed E-state index contributed by atoms with van der Waals surface area (Å²) in [6.07, 6.45) is 9.82. The Morgan fingerprint density at radius 3 is 1.81 bits per heavy atom. The molecule has 1 N–H and O–H groups in total. The molecule has 2 fully saturated rings. The Kier molecular flexibility index (Phi) is 1.89. The molecule has 86 valence electrons. The summed E-state index contributed by atoms with van der Waals surface area (Å²) in [6, 6.07) is 0. The first-order chi connectivity index (χ1) is 7.88. The van der Waals surface area contributed by atoms with E-state index in [9.17, 15) is 0 Å². The molecule has 0 aromatic carbocycles. The van der Waals surface area contributed by atoms with E-state index >= 15 is 0 Å². The Morgan fingerprint density at radius 2 is 1.38 bits per heavy atom. The van der Waals surface area contributed by atoms with Gasteiger partial charge in [-0.25, -0.2) is 0 Å². The predicted octanol–water partition coefficient (Wildman–Crippen LogP) is 1.14. The second-order valence-corrected chi connectivity index (χ2v) is 5.89. The molecule has 0 radical (unpaired) electrons. The average molecular weight is 217 g/mol. The van der Waals surface area contributed by atoms with Crippen LogP contribution in [0, 0.1) is 35.5 Å². The second-order valence-electron chi connectivity index (χ2n) is 5.89. The molecular formula is C14H19NO. The van der Waals surface area contributed by atoms with Crippen molar-refractivity contribution in [2.24, 2.45) is 35.5 Å². The van der Waals surface area contributed by atoms with E-state index in [1.807, 2.05) is 0 Å². The van der Waals surface area contributed by atoms with Gasteiger partial charge in [-0.2, -0.15) is 0 Å². The third kappa shape index (κ3) is 1.05. The SMILES string of the molecule is OCCN1CC2C3C=CC(C4C=CC43)C2C1. The van der Waals surface area contributed by atoms with Crippen LogP contribution in [0.4, 0.5) is 0 Å². The van der Waals surface area contributed by atoms with Crippen LogP contribution < -0.4 is 0 Å². The molecule has 6 atom stereocenters.